The summed E-state index contributed by atoms with van der Waals surface area (Å²) >= 11 is 0. The van der Waals surface area contributed by atoms with Crippen molar-refractivity contribution in [2.24, 2.45) is 0 Å². The number of rotatable bonds is 3. The largest absolute Gasteiger partial charge is 0.488 e. The first-order valence-corrected chi connectivity index (χ1v) is 15.2. The number of hydrogen-bond donors (Lipinski definition) is 2. The van der Waals surface area contributed by atoms with Gasteiger partial charge in [-0.3, -0.25) is 0 Å². The molecule has 0 heterocycles. The Kier molecular flexibility index (Phi) is 5.24. The van der Waals surface area contributed by atoms with Crippen molar-refractivity contribution in [1.82, 2.24) is 0 Å². The minimum Gasteiger partial charge on any atom is -0.423 e. The topological polar surface area (TPSA) is 40.5 Å². The fourth-order valence-electron chi connectivity index (χ4n) is 7.87. The van der Waals surface area contributed by atoms with Crippen molar-refractivity contribution < 1.29 is 10.0 Å². The molecular weight excluding hydrogens is 535 g/mol. The van der Waals surface area contributed by atoms with E-state index in [4.69, 9.17) is 0 Å². The van der Waals surface area contributed by atoms with E-state index in [1.807, 2.05) is 12.1 Å². The highest BCUT2D eigenvalue weighted by molar-refractivity contribution is 6.59. The van der Waals surface area contributed by atoms with E-state index in [0.717, 1.165) is 10.9 Å². The van der Waals surface area contributed by atoms with Crippen molar-refractivity contribution in [2.45, 2.75) is 19.3 Å². The van der Waals surface area contributed by atoms with E-state index in [9.17, 15) is 10.0 Å². The van der Waals surface area contributed by atoms with Crippen LogP contribution in [0.4, 0.5) is 0 Å². The van der Waals surface area contributed by atoms with Gasteiger partial charge in [-0.25, -0.2) is 0 Å². The minimum atomic E-state index is -1.50. The molecule has 0 amide bonds. The zero-order chi connectivity index (χ0) is 29.7. The van der Waals surface area contributed by atoms with Crippen LogP contribution < -0.4 is 5.46 Å². The number of benzene rings is 8. The zero-order valence-electron chi connectivity index (χ0n) is 24.6. The third kappa shape index (κ3) is 3.45. The molecule has 8 aromatic carbocycles. The van der Waals surface area contributed by atoms with E-state index in [2.05, 4.69) is 129 Å². The fraction of sp³-hybridized carbons (Fsp3) is 0.0732. The molecule has 2 N–H and O–H groups in total. The van der Waals surface area contributed by atoms with E-state index in [1.165, 1.54) is 76.3 Å². The summed E-state index contributed by atoms with van der Waals surface area (Å²) in [5, 5.41) is 32.3. The minimum absolute atomic E-state index is 0.294. The van der Waals surface area contributed by atoms with Crippen LogP contribution in [0.1, 0.15) is 25.0 Å². The van der Waals surface area contributed by atoms with Gasteiger partial charge in [-0.2, -0.15) is 0 Å². The second-order valence-corrected chi connectivity index (χ2v) is 12.8. The third-order valence-corrected chi connectivity index (χ3v) is 9.96. The van der Waals surface area contributed by atoms with Crippen LogP contribution in [0.25, 0.3) is 76.1 Å². The zero-order valence-corrected chi connectivity index (χ0v) is 24.6. The number of hydrogen-bond acceptors (Lipinski definition) is 2. The number of fused-ring (bicyclic) bond motifs is 3. The average molecular weight is 564 g/mol. The van der Waals surface area contributed by atoms with E-state index < -0.39 is 7.12 Å². The van der Waals surface area contributed by atoms with Crippen LogP contribution >= 0.6 is 0 Å². The Labute approximate surface area is 256 Å². The summed E-state index contributed by atoms with van der Waals surface area (Å²) in [6.45, 7) is 4.51. The molecule has 0 saturated heterocycles. The van der Waals surface area contributed by atoms with Gasteiger partial charge >= 0.3 is 7.12 Å². The van der Waals surface area contributed by atoms with Crippen LogP contribution in [0.2, 0.25) is 0 Å². The third-order valence-electron chi connectivity index (χ3n) is 9.96. The molecule has 208 valence electrons. The van der Waals surface area contributed by atoms with Crippen LogP contribution in [0, 0.1) is 0 Å². The van der Waals surface area contributed by atoms with Crippen molar-refractivity contribution in [3.63, 3.8) is 0 Å². The van der Waals surface area contributed by atoms with Gasteiger partial charge in [-0.1, -0.05) is 123 Å². The Morgan fingerprint density at radius 1 is 0.455 bits per heavy atom. The molecule has 1 aliphatic carbocycles. The first kappa shape index (κ1) is 25.5. The molecule has 0 bridgehead atoms. The van der Waals surface area contributed by atoms with E-state index >= 15 is 0 Å². The van der Waals surface area contributed by atoms with Gasteiger partial charge in [0.15, 0.2) is 0 Å². The first-order valence-electron chi connectivity index (χ1n) is 15.2. The Hall–Kier alpha value is -4.96. The SMILES string of the molecule is CC1(C)c2cc(B(O)O)cc3ccc4cc(-c5c6ccccc6c(-c6ccc7ccccc7c6)c6ccccc56)cc1c4c23. The van der Waals surface area contributed by atoms with Crippen molar-refractivity contribution in [3.8, 4) is 22.3 Å². The summed E-state index contributed by atoms with van der Waals surface area (Å²) in [5.41, 5.74) is 7.61. The molecule has 0 aromatic heterocycles. The van der Waals surface area contributed by atoms with Gasteiger partial charge in [0.2, 0.25) is 0 Å². The maximum absolute atomic E-state index is 10.1. The molecule has 44 heavy (non-hydrogen) atoms. The molecule has 0 fully saturated rings. The maximum atomic E-state index is 10.1. The standard InChI is InChI=1S/C41H29BO2/c1-41(2)35-22-29(20-27-17-18-28-21-30(42(43)44)23-36(41)40(28)39(27)35)38-33-13-7-5-11-31(33)37(32-12-6-8-14-34(32)38)26-16-15-24-9-3-4-10-25(24)19-26/h3-23,43-44H,1-2H3. The maximum Gasteiger partial charge on any atom is 0.488 e. The average Bonchev–Trinajstić information content (AvgIpc) is 3.28. The lowest BCUT2D eigenvalue weighted by Gasteiger charge is -2.24. The van der Waals surface area contributed by atoms with Gasteiger partial charge in [-0.15, -0.1) is 0 Å². The molecule has 0 aliphatic heterocycles. The Morgan fingerprint density at radius 3 is 1.55 bits per heavy atom. The van der Waals surface area contributed by atoms with Crippen molar-refractivity contribution in [2.75, 3.05) is 0 Å². The molecule has 3 heteroatoms. The fourth-order valence-corrected chi connectivity index (χ4v) is 7.87. The second-order valence-electron chi connectivity index (χ2n) is 12.8. The molecule has 8 aromatic rings. The Morgan fingerprint density at radius 2 is 0.932 bits per heavy atom. The second kappa shape index (κ2) is 9.03. The molecule has 0 spiro atoms. The highest BCUT2D eigenvalue weighted by Gasteiger charge is 2.36. The van der Waals surface area contributed by atoms with Gasteiger partial charge in [0.25, 0.3) is 0 Å². The lowest BCUT2D eigenvalue weighted by atomic mass is 9.74. The monoisotopic (exact) mass is 564 g/mol. The Balaban J connectivity index is 1.36. The molecule has 0 atom stereocenters. The van der Waals surface area contributed by atoms with Crippen LogP contribution in [-0.2, 0) is 5.41 Å². The molecule has 0 saturated carbocycles. The highest BCUT2D eigenvalue weighted by Crippen LogP contribution is 2.51. The molecule has 2 nitrogen and oxygen atoms in total. The Bertz CT molecular complexity index is 2450. The summed E-state index contributed by atoms with van der Waals surface area (Å²) < 4.78 is 0. The quantitative estimate of drug-likeness (QED) is 0.128. The summed E-state index contributed by atoms with van der Waals surface area (Å²) in [6.07, 6.45) is 0. The smallest absolute Gasteiger partial charge is 0.423 e. The van der Waals surface area contributed by atoms with Crippen molar-refractivity contribution in [1.29, 1.82) is 0 Å². The predicted octanol–water partition coefficient (Wildman–Crippen LogP) is 9.11. The normalized spacial score (nSPS) is 13.6. The summed E-state index contributed by atoms with van der Waals surface area (Å²) in [6, 6.07) is 46.0. The van der Waals surface area contributed by atoms with Gasteiger partial charge in [0.1, 0.15) is 0 Å². The lowest BCUT2D eigenvalue weighted by molar-refractivity contribution is 0.425. The van der Waals surface area contributed by atoms with Crippen LogP contribution in [0.3, 0.4) is 0 Å². The van der Waals surface area contributed by atoms with Crippen LogP contribution in [0.15, 0.2) is 127 Å². The van der Waals surface area contributed by atoms with Gasteiger partial charge in [0.05, 0.1) is 0 Å². The van der Waals surface area contributed by atoms with Crippen molar-refractivity contribution >= 4 is 66.4 Å². The summed E-state index contributed by atoms with van der Waals surface area (Å²) in [5.74, 6) is 0. The highest BCUT2D eigenvalue weighted by atomic mass is 16.4. The van der Waals surface area contributed by atoms with Gasteiger partial charge < -0.3 is 10.0 Å². The van der Waals surface area contributed by atoms with Crippen LogP contribution in [0.5, 0.6) is 0 Å². The molecular formula is C41H29BO2. The van der Waals surface area contributed by atoms with E-state index in [0.29, 0.717) is 5.46 Å². The van der Waals surface area contributed by atoms with Gasteiger partial charge in [0, 0.05) is 5.41 Å². The van der Waals surface area contributed by atoms with Crippen molar-refractivity contribution in [3.05, 3.63) is 139 Å². The lowest BCUT2D eigenvalue weighted by Crippen LogP contribution is -2.31. The molecule has 0 radical (unpaired) electrons. The van der Waals surface area contributed by atoms with E-state index in [-0.39, 0.29) is 5.41 Å². The van der Waals surface area contributed by atoms with Crippen LogP contribution in [-0.4, -0.2) is 17.2 Å². The molecule has 9 rings (SSSR count). The summed E-state index contributed by atoms with van der Waals surface area (Å²) in [4.78, 5) is 0. The molecule has 0 unspecified atom stereocenters. The molecule has 1 aliphatic rings. The first-order chi connectivity index (χ1) is 21.4. The predicted molar refractivity (Wildman–Crippen MR) is 187 cm³/mol. The van der Waals surface area contributed by atoms with Gasteiger partial charge in [-0.05, 0) is 111 Å². The van der Waals surface area contributed by atoms with E-state index in [1.54, 1.807) is 0 Å². The summed E-state index contributed by atoms with van der Waals surface area (Å²) in [7, 11) is -1.50.